The summed E-state index contributed by atoms with van der Waals surface area (Å²) in [6.45, 7) is 0. The lowest BCUT2D eigenvalue weighted by Gasteiger charge is -2.06. The van der Waals surface area contributed by atoms with E-state index in [-0.39, 0.29) is 0 Å². The van der Waals surface area contributed by atoms with Gasteiger partial charge in [-0.2, -0.15) is 0 Å². The fraction of sp³-hybridized carbons (Fsp3) is 0.308. The van der Waals surface area contributed by atoms with Crippen LogP contribution in [0.1, 0.15) is 18.4 Å². The normalized spacial score (nSPS) is 20.0. The van der Waals surface area contributed by atoms with Crippen LogP contribution in [-0.4, -0.2) is 11.1 Å². The van der Waals surface area contributed by atoms with E-state index in [0.29, 0.717) is 17.9 Å². The Morgan fingerprint density at radius 1 is 1.33 bits per heavy atom. The van der Waals surface area contributed by atoms with Gasteiger partial charge in [0.05, 0.1) is 0 Å². The molecule has 0 spiro atoms. The van der Waals surface area contributed by atoms with Gasteiger partial charge in [-0.25, -0.2) is 4.79 Å². The summed E-state index contributed by atoms with van der Waals surface area (Å²) in [6, 6.07) is 10.2. The third kappa shape index (κ3) is 2.46. The number of rotatable bonds is 3. The fourth-order valence-electron chi connectivity index (χ4n) is 2.05. The minimum absolute atomic E-state index is 0.401. The average molecular weight is 202 g/mol. The molecule has 15 heavy (non-hydrogen) atoms. The van der Waals surface area contributed by atoms with E-state index in [2.05, 4.69) is 12.1 Å². The lowest BCUT2D eigenvalue weighted by atomic mass is 9.99. The Labute approximate surface area is 89.2 Å². The Morgan fingerprint density at radius 3 is 2.67 bits per heavy atom. The quantitative estimate of drug-likeness (QED) is 0.818. The molecule has 0 amide bonds. The van der Waals surface area contributed by atoms with Crippen molar-refractivity contribution in [2.24, 2.45) is 5.92 Å². The second-order valence-electron chi connectivity index (χ2n) is 3.99. The summed E-state index contributed by atoms with van der Waals surface area (Å²) in [5.74, 6) is -0.357. The van der Waals surface area contributed by atoms with Crippen LogP contribution in [0.4, 0.5) is 0 Å². The topological polar surface area (TPSA) is 37.3 Å². The molecule has 0 bridgehead atoms. The largest absolute Gasteiger partial charge is 0.478 e. The highest BCUT2D eigenvalue weighted by Crippen LogP contribution is 2.27. The van der Waals surface area contributed by atoms with Gasteiger partial charge in [-0.3, -0.25) is 0 Å². The molecule has 1 aromatic rings. The van der Waals surface area contributed by atoms with Crippen LogP contribution >= 0.6 is 0 Å². The molecule has 1 N–H and O–H groups in total. The maximum absolute atomic E-state index is 10.7. The number of carbonyl (C=O) groups is 1. The van der Waals surface area contributed by atoms with Crippen LogP contribution in [0, 0.1) is 5.92 Å². The Hall–Kier alpha value is -1.57. The van der Waals surface area contributed by atoms with Gasteiger partial charge in [0, 0.05) is 5.57 Å². The molecule has 2 heteroatoms. The minimum atomic E-state index is -0.759. The molecule has 1 aliphatic carbocycles. The van der Waals surface area contributed by atoms with Crippen molar-refractivity contribution in [2.75, 3.05) is 0 Å². The van der Waals surface area contributed by atoms with Crippen LogP contribution in [0.5, 0.6) is 0 Å². The van der Waals surface area contributed by atoms with Crippen LogP contribution in [0.2, 0.25) is 0 Å². The van der Waals surface area contributed by atoms with E-state index < -0.39 is 5.97 Å². The van der Waals surface area contributed by atoms with Gasteiger partial charge in [-0.15, -0.1) is 0 Å². The monoisotopic (exact) mass is 202 g/mol. The zero-order valence-electron chi connectivity index (χ0n) is 8.52. The summed E-state index contributed by atoms with van der Waals surface area (Å²) in [5, 5.41) is 8.83. The number of aliphatic carboxylic acids is 1. The molecule has 1 aromatic carbocycles. The smallest absolute Gasteiger partial charge is 0.331 e. The lowest BCUT2D eigenvalue weighted by Crippen LogP contribution is -1.97. The van der Waals surface area contributed by atoms with E-state index in [4.69, 9.17) is 5.11 Å². The van der Waals surface area contributed by atoms with Crippen molar-refractivity contribution >= 4 is 5.97 Å². The minimum Gasteiger partial charge on any atom is -0.478 e. The van der Waals surface area contributed by atoms with E-state index in [1.807, 2.05) is 24.3 Å². The van der Waals surface area contributed by atoms with Gasteiger partial charge < -0.3 is 5.11 Å². The van der Waals surface area contributed by atoms with Crippen molar-refractivity contribution < 1.29 is 9.90 Å². The fourth-order valence-corrected chi connectivity index (χ4v) is 2.05. The maximum Gasteiger partial charge on any atom is 0.331 e. The molecule has 0 aliphatic heterocycles. The van der Waals surface area contributed by atoms with Crippen LogP contribution in [-0.2, 0) is 11.2 Å². The standard InChI is InChI=1S/C13H14O2/c14-13(15)12-7-6-11(9-12)8-10-4-2-1-3-5-10/h1-5,9,11H,6-8H2,(H,14,15)/t11-/m0/s1. The first-order chi connectivity index (χ1) is 7.25. The Kier molecular flexibility index (Phi) is 2.86. The first-order valence-corrected chi connectivity index (χ1v) is 5.23. The number of allylic oxidation sites excluding steroid dienone is 1. The van der Waals surface area contributed by atoms with E-state index in [9.17, 15) is 4.79 Å². The number of hydrogen-bond acceptors (Lipinski definition) is 1. The molecule has 0 saturated carbocycles. The average Bonchev–Trinajstić information content (AvgIpc) is 2.68. The molecule has 0 radical (unpaired) electrons. The number of benzene rings is 1. The molecule has 0 aromatic heterocycles. The van der Waals surface area contributed by atoms with Crippen molar-refractivity contribution in [1.29, 1.82) is 0 Å². The molecular weight excluding hydrogens is 188 g/mol. The highest BCUT2D eigenvalue weighted by molar-refractivity contribution is 5.87. The SMILES string of the molecule is O=C(O)C1=C[C@H](Cc2ccccc2)CC1. The third-order valence-electron chi connectivity index (χ3n) is 2.84. The summed E-state index contributed by atoms with van der Waals surface area (Å²) in [4.78, 5) is 10.7. The molecule has 2 rings (SSSR count). The van der Waals surface area contributed by atoms with E-state index >= 15 is 0 Å². The number of carboxylic acids is 1. The third-order valence-corrected chi connectivity index (χ3v) is 2.84. The van der Waals surface area contributed by atoms with E-state index in [0.717, 1.165) is 12.8 Å². The maximum atomic E-state index is 10.7. The zero-order chi connectivity index (χ0) is 10.7. The highest BCUT2D eigenvalue weighted by atomic mass is 16.4. The zero-order valence-corrected chi connectivity index (χ0v) is 8.52. The second-order valence-corrected chi connectivity index (χ2v) is 3.99. The van der Waals surface area contributed by atoms with Gasteiger partial charge in [0.15, 0.2) is 0 Å². The van der Waals surface area contributed by atoms with Crippen molar-refractivity contribution in [3.05, 3.63) is 47.5 Å². The van der Waals surface area contributed by atoms with Gasteiger partial charge in [0.1, 0.15) is 0 Å². The van der Waals surface area contributed by atoms with Gasteiger partial charge in [0.2, 0.25) is 0 Å². The Balaban J connectivity index is 2.01. The Bertz CT molecular complexity index is 379. The van der Waals surface area contributed by atoms with E-state index in [1.54, 1.807) is 0 Å². The number of carboxylic acid groups (broad SMARTS) is 1. The molecule has 1 atom stereocenters. The molecule has 0 saturated heterocycles. The van der Waals surface area contributed by atoms with Crippen molar-refractivity contribution in [3.8, 4) is 0 Å². The first-order valence-electron chi connectivity index (χ1n) is 5.23. The van der Waals surface area contributed by atoms with Gasteiger partial charge in [-0.05, 0) is 30.7 Å². The van der Waals surface area contributed by atoms with Crippen LogP contribution < -0.4 is 0 Å². The highest BCUT2D eigenvalue weighted by Gasteiger charge is 2.19. The van der Waals surface area contributed by atoms with Gasteiger partial charge in [0.25, 0.3) is 0 Å². The first kappa shape index (κ1) is 9.97. The van der Waals surface area contributed by atoms with E-state index in [1.165, 1.54) is 5.56 Å². The molecule has 78 valence electrons. The molecule has 2 nitrogen and oxygen atoms in total. The molecule has 1 aliphatic rings. The van der Waals surface area contributed by atoms with Gasteiger partial charge in [-0.1, -0.05) is 36.4 Å². The number of hydrogen-bond donors (Lipinski definition) is 1. The van der Waals surface area contributed by atoms with Crippen molar-refractivity contribution in [2.45, 2.75) is 19.3 Å². The summed E-state index contributed by atoms with van der Waals surface area (Å²) in [6.07, 6.45) is 4.55. The second kappa shape index (κ2) is 4.30. The van der Waals surface area contributed by atoms with Crippen molar-refractivity contribution in [1.82, 2.24) is 0 Å². The molecule has 0 heterocycles. The summed E-state index contributed by atoms with van der Waals surface area (Å²) in [5.41, 5.74) is 1.86. The summed E-state index contributed by atoms with van der Waals surface area (Å²) >= 11 is 0. The molecule has 0 unspecified atom stereocenters. The van der Waals surface area contributed by atoms with Crippen molar-refractivity contribution in [3.63, 3.8) is 0 Å². The van der Waals surface area contributed by atoms with Crippen LogP contribution in [0.15, 0.2) is 42.0 Å². The lowest BCUT2D eigenvalue weighted by molar-refractivity contribution is -0.132. The molecule has 0 fully saturated rings. The molecular formula is C13H14O2. The van der Waals surface area contributed by atoms with Crippen LogP contribution in [0.25, 0.3) is 0 Å². The van der Waals surface area contributed by atoms with Crippen LogP contribution in [0.3, 0.4) is 0 Å². The Morgan fingerprint density at radius 2 is 2.07 bits per heavy atom. The predicted molar refractivity (Wildman–Crippen MR) is 58.6 cm³/mol. The predicted octanol–water partition coefficient (Wildman–Crippen LogP) is 2.65. The summed E-state index contributed by atoms with van der Waals surface area (Å²) in [7, 11) is 0. The summed E-state index contributed by atoms with van der Waals surface area (Å²) < 4.78 is 0. The van der Waals surface area contributed by atoms with Gasteiger partial charge >= 0.3 is 5.97 Å².